The molecule has 1 atom stereocenters. The molecule has 0 aliphatic carbocycles. The summed E-state index contributed by atoms with van der Waals surface area (Å²) in [6, 6.07) is 9.16. The first kappa shape index (κ1) is 21.4. The normalized spacial score (nSPS) is 20.1. The van der Waals surface area contributed by atoms with Crippen LogP contribution >= 0.6 is 0 Å². The second kappa shape index (κ2) is 8.42. The van der Waals surface area contributed by atoms with Gasteiger partial charge in [0, 0.05) is 17.1 Å². The molecule has 1 saturated heterocycles. The van der Waals surface area contributed by atoms with Gasteiger partial charge >= 0.3 is 0 Å². The van der Waals surface area contributed by atoms with Gasteiger partial charge in [-0.3, -0.25) is 9.59 Å². The fourth-order valence-electron chi connectivity index (χ4n) is 4.26. The molecule has 1 aliphatic rings. The van der Waals surface area contributed by atoms with E-state index < -0.39 is 6.04 Å². The summed E-state index contributed by atoms with van der Waals surface area (Å²) in [5, 5.41) is 9.74. The third-order valence-electron chi connectivity index (χ3n) is 5.01. The maximum atomic E-state index is 12.9. The van der Waals surface area contributed by atoms with E-state index in [0.717, 1.165) is 18.4 Å². The van der Waals surface area contributed by atoms with E-state index >= 15 is 0 Å². The highest BCUT2D eigenvalue weighted by Gasteiger charge is 2.39. The quantitative estimate of drug-likeness (QED) is 0.718. The molecule has 1 fully saturated rings. The van der Waals surface area contributed by atoms with E-state index in [0.29, 0.717) is 0 Å². The molecule has 2 amide bonds. The van der Waals surface area contributed by atoms with Crippen molar-refractivity contribution in [1.82, 2.24) is 16.0 Å². The molecule has 1 aromatic carbocycles. The molecule has 0 radical (unpaired) electrons. The first-order valence-corrected chi connectivity index (χ1v) is 9.90. The molecule has 1 unspecified atom stereocenters. The fourth-order valence-corrected chi connectivity index (χ4v) is 4.26. The Balaban J connectivity index is 1.99. The number of piperidine rings is 1. The van der Waals surface area contributed by atoms with Crippen LogP contribution in [0.25, 0.3) is 0 Å². The van der Waals surface area contributed by atoms with E-state index in [2.05, 4.69) is 43.6 Å². The highest BCUT2D eigenvalue weighted by Crippen LogP contribution is 2.28. The third kappa shape index (κ3) is 6.65. The third-order valence-corrected chi connectivity index (χ3v) is 5.01. The van der Waals surface area contributed by atoms with E-state index in [9.17, 15) is 9.59 Å². The van der Waals surface area contributed by atoms with Gasteiger partial charge in [-0.05, 0) is 52.0 Å². The van der Waals surface area contributed by atoms with Crippen molar-refractivity contribution >= 4 is 11.8 Å². The molecule has 0 saturated carbocycles. The number of hydrogen-bond acceptors (Lipinski definition) is 3. The average molecular weight is 374 g/mol. The number of nitrogens with one attached hydrogen (secondary N) is 3. The lowest BCUT2D eigenvalue weighted by molar-refractivity contribution is -0.130. The molecule has 5 nitrogen and oxygen atoms in total. The van der Waals surface area contributed by atoms with Crippen LogP contribution in [0.4, 0.5) is 0 Å². The first-order chi connectivity index (χ1) is 12.5. The Kier molecular flexibility index (Phi) is 6.68. The van der Waals surface area contributed by atoms with Crippen LogP contribution in [-0.4, -0.2) is 35.0 Å². The Bertz CT molecular complexity index is 637. The van der Waals surface area contributed by atoms with Gasteiger partial charge in [0.25, 0.3) is 0 Å². The number of carbonyl (C=O) groups is 2. The summed E-state index contributed by atoms with van der Waals surface area (Å²) in [5.41, 5.74) is 0.868. The largest absolute Gasteiger partial charge is 0.351 e. The Labute approximate surface area is 163 Å². The van der Waals surface area contributed by atoms with Crippen LogP contribution in [0.1, 0.15) is 59.9 Å². The second-order valence-corrected chi connectivity index (χ2v) is 9.46. The van der Waals surface area contributed by atoms with Gasteiger partial charge in [-0.2, -0.15) is 0 Å². The van der Waals surface area contributed by atoms with Gasteiger partial charge in [-0.1, -0.05) is 44.2 Å². The van der Waals surface area contributed by atoms with Crippen molar-refractivity contribution < 1.29 is 9.59 Å². The van der Waals surface area contributed by atoms with E-state index in [1.807, 2.05) is 44.2 Å². The zero-order valence-electron chi connectivity index (χ0n) is 17.6. The molecule has 0 aromatic heterocycles. The van der Waals surface area contributed by atoms with Gasteiger partial charge in [0.05, 0.1) is 6.42 Å². The van der Waals surface area contributed by atoms with Gasteiger partial charge in [-0.25, -0.2) is 0 Å². The van der Waals surface area contributed by atoms with Gasteiger partial charge < -0.3 is 16.0 Å². The summed E-state index contributed by atoms with van der Waals surface area (Å²) in [7, 11) is 0. The van der Waals surface area contributed by atoms with Crippen LogP contribution in [0.3, 0.4) is 0 Å². The summed E-state index contributed by atoms with van der Waals surface area (Å²) >= 11 is 0. The Morgan fingerprint density at radius 1 is 1.07 bits per heavy atom. The molecular weight excluding hydrogens is 338 g/mol. The summed E-state index contributed by atoms with van der Waals surface area (Å²) in [4.78, 5) is 25.3. The molecule has 27 heavy (non-hydrogen) atoms. The van der Waals surface area contributed by atoms with E-state index in [1.165, 1.54) is 0 Å². The SMILES string of the molecule is CC(C)C(NC(=O)Cc1ccccc1)C(=O)NC1CC(C)(C)NC(C)(C)C1. The van der Waals surface area contributed by atoms with Crippen LogP contribution in [0, 0.1) is 5.92 Å². The van der Waals surface area contributed by atoms with Crippen molar-refractivity contribution in [3.05, 3.63) is 35.9 Å². The minimum Gasteiger partial charge on any atom is -0.351 e. The topological polar surface area (TPSA) is 70.2 Å². The van der Waals surface area contributed by atoms with Gasteiger partial charge in [0.1, 0.15) is 6.04 Å². The summed E-state index contributed by atoms with van der Waals surface area (Å²) in [5.74, 6) is -0.196. The number of amides is 2. The molecule has 3 N–H and O–H groups in total. The van der Waals surface area contributed by atoms with E-state index in [1.54, 1.807) is 0 Å². The van der Waals surface area contributed by atoms with Crippen LogP contribution < -0.4 is 16.0 Å². The van der Waals surface area contributed by atoms with Crippen molar-refractivity contribution in [2.24, 2.45) is 5.92 Å². The number of benzene rings is 1. The fraction of sp³-hybridized carbons (Fsp3) is 0.636. The minimum atomic E-state index is -0.526. The monoisotopic (exact) mass is 373 g/mol. The molecule has 0 bridgehead atoms. The molecule has 0 spiro atoms. The van der Waals surface area contributed by atoms with Crippen molar-refractivity contribution in [2.45, 2.75) is 84.0 Å². The van der Waals surface area contributed by atoms with E-state index in [4.69, 9.17) is 0 Å². The highest BCUT2D eigenvalue weighted by atomic mass is 16.2. The zero-order valence-corrected chi connectivity index (χ0v) is 17.6. The lowest BCUT2D eigenvalue weighted by Gasteiger charge is -2.47. The molecule has 1 aliphatic heterocycles. The van der Waals surface area contributed by atoms with Crippen LogP contribution in [0.15, 0.2) is 30.3 Å². The predicted molar refractivity (Wildman–Crippen MR) is 109 cm³/mol. The zero-order chi connectivity index (χ0) is 20.2. The van der Waals surface area contributed by atoms with Crippen molar-refractivity contribution in [3.63, 3.8) is 0 Å². The number of carbonyl (C=O) groups excluding carboxylic acids is 2. The van der Waals surface area contributed by atoms with Gasteiger partial charge in [0.15, 0.2) is 0 Å². The molecular formula is C22H35N3O2. The van der Waals surface area contributed by atoms with Crippen molar-refractivity contribution in [2.75, 3.05) is 0 Å². The summed E-state index contributed by atoms with van der Waals surface area (Å²) < 4.78 is 0. The first-order valence-electron chi connectivity index (χ1n) is 9.90. The minimum absolute atomic E-state index is 0.0208. The average Bonchev–Trinajstić information content (AvgIpc) is 2.50. The lowest BCUT2D eigenvalue weighted by Crippen LogP contribution is -2.63. The van der Waals surface area contributed by atoms with Crippen molar-refractivity contribution in [3.8, 4) is 0 Å². The predicted octanol–water partition coefficient (Wildman–Crippen LogP) is 2.80. The second-order valence-electron chi connectivity index (χ2n) is 9.46. The Hall–Kier alpha value is -1.88. The van der Waals surface area contributed by atoms with E-state index in [-0.39, 0.29) is 41.3 Å². The molecule has 5 heteroatoms. The molecule has 1 aromatic rings. The molecule has 2 rings (SSSR count). The maximum Gasteiger partial charge on any atom is 0.243 e. The van der Waals surface area contributed by atoms with Crippen LogP contribution in [0.2, 0.25) is 0 Å². The van der Waals surface area contributed by atoms with Crippen LogP contribution in [-0.2, 0) is 16.0 Å². The molecule has 1 heterocycles. The summed E-state index contributed by atoms with van der Waals surface area (Å²) in [6.07, 6.45) is 2.01. The maximum absolute atomic E-state index is 12.9. The van der Waals surface area contributed by atoms with Gasteiger partial charge in [0.2, 0.25) is 11.8 Å². The number of hydrogen-bond donors (Lipinski definition) is 3. The van der Waals surface area contributed by atoms with Crippen LogP contribution in [0.5, 0.6) is 0 Å². The number of rotatable bonds is 6. The lowest BCUT2D eigenvalue weighted by atomic mass is 9.79. The van der Waals surface area contributed by atoms with Crippen molar-refractivity contribution in [1.29, 1.82) is 0 Å². The Morgan fingerprint density at radius 3 is 2.15 bits per heavy atom. The molecule has 150 valence electrons. The standard InChI is InChI=1S/C22H35N3O2/c1-15(2)19(24-18(26)12-16-10-8-7-9-11-16)20(27)23-17-13-21(3,4)25-22(5,6)14-17/h7-11,15,17,19,25H,12-14H2,1-6H3,(H,23,27)(H,24,26). The van der Waals surface area contributed by atoms with Gasteiger partial charge in [-0.15, -0.1) is 0 Å². The smallest absolute Gasteiger partial charge is 0.243 e. The highest BCUT2D eigenvalue weighted by molar-refractivity contribution is 5.88. The summed E-state index contributed by atoms with van der Waals surface area (Å²) in [6.45, 7) is 12.6. The Morgan fingerprint density at radius 2 is 1.63 bits per heavy atom.